The van der Waals surface area contributed by atoms with Gasteiger partial charge in [0.25, 0.3) is 0 Å². The second-order valence-corrected chi connectivity index (χ2v) is 19.2. The number of Topliss-reactive ketones (excluding diaryl/α,β-unsaturated/α-hetero) is 2. The Morgan fingerprint density at radius 1 is 0.721 bits per heavy atom. The number of hydrogen-bond acceptors (Lipinski definition) is 14. The molecule has 380 valence electrons. The summed E-state index contributed by atoms with van der Waals surface area (Å²) in [6.07, 6.45) is -6.85. The van der Waals surface area contributed by atoms with Gasteiger partial charge in [0, 0.05) is 116 Å². The summed E-state index contributed by atoms with van der Waals surface area (Å²) < 4.78 is 104. The normalized spacial score (nSPS) is 15.0. The van der Waals surface area contributed by atoms with Crippen LogP contribution in [0.4, 0.5) is 35.5 Å². The number of thiophene rings is 2. The molecule has 0 bridgehead atoms. The molecule has 13 nitrogen and oxygen atoms in total. The fraction of sp³-hybridized carbons (Fsp3) is 0.591. The second kappa shape index (κ2) is 28.7. The molecule has 4 aromatic rings. The average molecular weight is 1050 g/mol. The van der Waals surface area contributed by atoms with Crippen LogP contribution in [0.25, 0.3) is 21.3 Å². The van der Waals surface area contributed by atoms with Gasteiger partial charge in [0.1, 0.15) is 17.0 Å². The van der Waals surface area contributed by atoms with Crippen LogP contribution in [-0.4, -0.2) is 143 Å². The summed E-state index contributed by atoms with van der Waals surface area (Å²) in [6.45, 7) is 11.4. The van der Waals surface area contributed by atoms with E-state index in [0.717, 1.165) is 35.9 Å². The first-order valence-corrected chi connectivity index (χ1v) is 24.5. The molecule has 0 radical (unpaired) electrons. The number of aromatic nitrogens is 2. The van der Waals surface area contributed by atoms with Gasteiger partial charge in [-0.05, 0) is 56.5 Å². The summed E-state index contributed by atoms with van der Waals surface area (Å²) in [5.41, 5.74) is -0.181. The smallest absolute Gasteiger partial charge is 0.444 e. The van der Waals surface area contributed by atoms with Crippen LogP contribution in [0, 0.1) is 0 Å². The van der Waals surface area contributed by atoms with E-state index >= 15 is 0 Å². The van der Waals surface area contributed by atoms with Crippen LogP contribution in [0.5, 0.6) is 0 Å². The number of carbonyl (C=O) groups is 4. The zero-order valence-corrected chi connectivity index (χ0v) is 41.1. The van der Waals surface area contributed by atoms with Gasteiger partial charge in [0.15, 0.2) is 23.1 Å². The molecule has 2 saturated heterocycles. The third kappa shape index (κ3) is 23.1. The number of piperazine rings is 2. The van der Waals surface area contributed by atoms with Crippen molar-refractivity contribution in [2.45, 2.75) is 95.8 Å². The minimum Gasteiger partial charge on any atom is -0.444 e. The molecule has 24 heteroatoms. The van der Waals surface area contributed by atoms with E-state index in [1.165, 1.54) is 22.7 Å². The lowest BCUT2D eigenvalue weighted by Crippen LogP contribution is -2.50. The Kier molecular flexibility index (Phi) is 24.6. The Labute approximate surface area is 408 Å². The van der Waals surface area contributed by atoms with E-state index in [4.69, 9.17) is 41.8 Å². The lowest BCUT2D eigenvalue weighted by atomic mass is 10.0. The van der Waals surface area contributed by atoms with Gasteiger partial charge in [-0.3, -0.25) is 19.3 Å². The number of nitrogens with zero attached hydrogens (tertiary/aromatic N) is 5. The minimum absolute atomic E-state index is 0.000562. The first kappa shape index (κ1) is 58.4. The molecule has 2 fully saturated rings. The van der Waals surface area contributed by atoms with Crippen molar-refractivity contribution in [2.24, 2.45) is 0 Å². The van der Waals surface area contributed by atoms with Crippen molar-refractivity contribution in [1.82, 2.24) is 30.3 Å². The quantitative estimate of drug-likeness (QED) is 0.0437. The molecule has 2 aliphatic rings. The molecule has 0 saturated carbocycles. The summed E-state index contributed by atoms with van der Waals surface area (Å²) in [5.74, 6) is -5.11. The predicted molar refractivity (Wildman–Crippen MR) is 247 cm³/mol. The molecule has 0 atom stereocenters. The van der Waals surface area contributed by atoms with Gasteiger partial charge >= 0.3 is 12.3 Å². The maximum absolute atomic E-state index is 14.4. The Balaban J connectivity index is 0.000000311. The van der Waals surface area contributed by atoms with Gasteiger partial charge in [0.05, 0.1) is 15.1 Å². The Bertz CT molecular complexity index is 2070. The Hall–Kier alpha value is -3.93. The first-order valence-electron chi connectivity index (χ1n) is 21.6. The Morgan fingerprint density at radius 3 is 1.50 bits per heavy atom. The van der Waals surface area contributed by atoms with E-state index in [1.54, 1.807) is 17.0 Å². The predicted octanol–water partition coefficient (Wildman–Crippen LogP) is 11.2. The number of rotatable bonds is 18. The van der Waals surface area contributed by atoms with Crippen LogP contribution in [-0.2, 0) is 9.53 Å². The van der Waals surface area contributed by atoms with E-state index in [0.29, 0.717) is 44.2 Å². The standard InChI is InChI=1S/C23H31F2N3O4S.C18H23F2N3O2S.C2HF3O.CH2Cl2/c1-22(2,3)31-21(30)28-13-11-27(12-14-28)10-9-23(24,25)8-4-6-18(29)17-16-19(32-26-17)20-7-5-15-33-20;19-18(20,6-9-23-10-7-21-8-11-23)5-1-3-15(24)14-13-16(25-22-14)17-4-2-12-26-17;3-2(4,5)1-6;2-1-3/h5,7,15-16H,4,6,8-14H2,1-3H3;2,4,12-13,21H,1,3,5-11H2;1H;1H2. The van der Waals surface area contributed by atoms with E-state index in [1.807, 2.05) is 60.7 Å². The number of carbonyl (C=O) groups excluding carboxylic acids is 4. The zero-order valence-electron chi connectivity index (χ0n) is 37.9. The van der Waals surface area contributed by atoms with Crippen molar-refractivity contribution in [3.63, 3.8) is 0 Å². The molecule has 0 aliphatic carbocycles. The molecule has 4 aromatic heterocycles. The van der Waals surface area contributed by atoms with E-state index in [2.05, 4.69) is 20.5 Å². The van der Waals surface area contributed by atoms with Gasteiger partial charge in [-0.1, -0.05) is 22.4 Å². The maximum atomic E-state index is 14.4. The molecule has 0 unspecified atom stereocenters. The molecule has 6 heterocycles. The monoisotopic (exact) mass is 1050 g/mol. The highest BCUT2D eigenvalue weighted by Gasteiger charge is 2.32. The van der Waals surface area contributed by atoms with Crippen LogP contribution in [0.15, 0.2) is 56.2 Å². The highest BCUT2D eigenvalue weighted by molar-refractivity contribution is 7.13. The molecule has 1 amide bonds. The van der Waals surface area contributed by atoms with E-state index in [9.17, 15) is 45.1 Å². The van der Waals surface area contributed by atoms with Crippen molar-refractivity contribution in [2.75, 3.05) is 70.8 Å². The molecule has 6 rings (SSSR count). The number of nitrogens with one attached hydrogen (secondary N) is 1. The van der Waals surface area contributed by atoms with Crippen molar-refractivity contribution >= 4 is 69.8 Å². The number of amides is 1. The molecule has 1 N–H and O–H groups in total. The number of ether oxygens (including phenoxy) is 1. The van der Waals surface area contributed by atoms with Crippen LogP contribution in [0.3, 0.4) is 0 Å². The third-order valence-electron chi connectivity index (χ3n) is 9.97. The van der Waals surface area contributed by atoms with Crippen LogP contribution in [0.2, 0.25) is 0 Å². The Morgan fingerprint density at radius 2 is 1.13 bits per heavy atom. The zero-order chi connectivity index (χ0) is 50.4. The van der Waals surface area contributed by atoms with Crippen LogP contribution >= 0.6 is 45.9 Å². The highest BCUT2D eigenvalue weighted by Crippen LogP contribution is 2.30. The number of halogens is 9. The molecule has 68 heavy (non-hydrogen) atoms. The third-order valence-corrected chi connectivity index (χ3v) is 11.7. The van der Waals surface area contributed by atoms with Gasteiger partial charge < -0.3 is 28.9 Å². The van der Waals surface area contributed by atoms with Gasteiger partial charge in [0.2, 0.25) is 18.1 Å². The van der Waals surface area contributed by atoms with Gasteiger partial charge in [-0.2, -0.15) is 13.2 Å². The average Bonchev–Trinajstić information content (AvgIpc) is 4.14. The molecule has 2 aliphatic heterocycles. The second-order valence-electron chi connectivity index (χ2n) is 16.5. The van der Waals surface area contributed by atoms with Crippen LogP contribution < -0.4 is 5.32 Å². The SMILES string of the molecule is CC(C)(C)OC(=O)N1CCN(CCC(F)(F)CCCC(=O)c2cc(-c3cccs3)on2)CC1.ClCCl.O=C(CCCC(F)(F)CCN1CCNCC1)c1cc(-c2cccs2)on1.O=CC(F)(F)F. The highest BCUT2D eigenvalue weighted by atomic mass is 35.5. The van der Waals surface area contributed by atoms with Crippen molar-refractivity contribution < 1.29 is 63.7 Å². The first-order chi connectivity index (χ1) is 32.0. The summed E-state index contributed by atoms with van der Waals surface area (Å²) in [4.78, 5) is 52.6. The number of ketones is 2. The van der Waals surface area contributed by atoms with Crippen molar-refractivity contribution in [3.8, 4) is 21.3 Å². The maximum Gasteiger partial charge on any atom is 0.446 e. The van der Waals surface area contributed by atoms with Gasteiger partial charge in [-0.15, -0.1) is 45.9 Å². The summed E-state index contributed by atoms with van der Waals surface area (Å²) >= 11 is 12.5. The van der Waals surface area contributed by atoms with E-state index in [-0.39, 0.29) is 92.3 Å². The van der Waals surface area contributed by atoms with Crippen molar-refractivity contribution in [1.29, 1.82) is 0 Å². The summed E-state index contributed by atoms with van der Waals surface area (Å²) in [6, 6.07) is 10.6. The summed E-state index contributed by atoms with van der Waals surface area (Å²) in [7, 11) is 0. The molecule has 0 aromatic carbocycles. The lowest BCUT2D eigenvalue weighted by molar-refractivity contribution is -0.156. The lowest BCUT2D eigenvalue weighted by Gasteiger charge is -2.36. The van der Waals surface area contributed by atoms with E-state index < -0.39 is 29.9 Å². The van der Waals surface area contributed by atoms with Crippen molar-refractivity contribution in [3.05, 3.63) is 58.5 Å². The number of hydrogen-bond donors (Lipinski definition) is 1. The number of aldehydes is 1. The fourth-order valence-corrected chi connectivity index (χ4v) is 7.81. The topological polar surface area (TPSA) is 151 Å². The largest absolute Gasteiger partial charge is 0.446 e. The molecular formula is C44H57Cl2F7N6O7S2. The van der Waals surface area contributed by atoms with Gasteiger partial charge in [-0.25, -0.2) is 22.4 Å². The number of alkyl halides is 9. The summed E-state index contributed by atoms with van der Waals surface area (Å²) in [5, 5.41) is 14.7. The van der Waals surface area contributed by atoms with Crippen LogP contribution in [0.1, 0.15) is 93.1 Å². The fourth-order valence-electron chi connectivity index (χ4n) is 6.46. The minimum atomic E-state index is -4.64. The molecular weight excluding hydrogens is 993 g/mol. The molecule has 0 spiro atoms.